The first kappa shape index (κ1) is 17.3. The average Bonchev–Trinajstić information content (AvgIpc) is 2.33. The number of rotatable bonds is 4. The summed E-state index contributed by atoms with van der Waals surface area (Å²) < 4.78 is 0. The molecule has 0 heterocycles. The average molecular weight is 313 g/mol. The van der Waals surface area contributed by atoms with E-state index < -0.39 is 5.97 Å². The van der Waals surface area contributed by atoms with E-state index in [4.69, 9.17) is 16.7 Å². The molecule has 116 valence electrons. The van der Waals surface area contributed by atoms with Gasteiger partial charge in [0.05, 0.1) is 5.56 Å². The van der Waals surface area contributed by atoms with Crippen LogP contribution in [0.4, 0.5) is 10.5 Å². The molecule has 0 spiro atoms. The van der Waals surface area contributed by atoms with Gasteiger partial charge in [-0.2, -0.15) is 0 Å². The van der Waals surface area contributed by atoms with Crippen LogP contribution in [0.2, 0.25) is 5.02 Å². The summed E-state index contributed by atoms with van der Waals surface area (Å²) in [6, 6.07) is 3.81. The first-order chi connectivity index (χ1) is 9.59. The Hall–Kier alpha value is -1.75. The summed E-state index contributed by atoms with van der Waals surface area (Å²) in [5.41, 5.74) is 0.474. The Morgan fingerprint density at radius 2 is 1.90 bits per heavy atom. The Morgan fingerprint density at radius 1 is 1.29 bits per heavy atom. The van der Waals surface area contributed by atoms with Crippen molar-refractivity contribution in [3.05, 3.63) is 28.8 Å². The lowest BCUT2D eigenvalue weighted by atomic mass is 9.82. The summed E-state index contributed by atoms with van der Waals surface area (Å²) >= 11 is 5.83. The van der Waals surface area contributed by atoms with Crippen molar-refractivity contribution < 1.29 is 14.7 Å². The van der Waals surface area contributed by atoms with Crippen LogP contribution >= 0.6 is 11.6 Å². The number of anilines is 1. The van der Waals surface area contributed by atoms with Crippen LogP contribution in [-0.2, 0) is 0 Å². The number of amides is 2. The zero-order chi connectivity index (χ0) is 16.2. The molecule has 0 aliphatic carbocycles. The number of halogens is 1. The lowest BCUT2D eigenvalue weighted by Crippen LogP contribution is -2.36. The van der Waals surface area contributed by atoms with E-state index in [1.807, 2.05) is 0 Å². The Balaban J connectivity index is 2.65. The smallest absolute Gasteiger partial charge is 0.335 e. The standard InChI is InChI=1S/C15H21ClN2O3/c1-9(15(2,3)4)8-17-14(21)18-12-6-10(13(19)20)5-11(16)7-12/h5-7,9H,8H2,1-4H3,(H,19,20)(H2,17,18,21). The van der Waals surface area contributed by atoms with Gasteiger partial charge in [-0.15, -0.1) is 0 Å². The molecule has 0 saturated carbocycles. The summed E-state index contributed by atoms with van der Waals surface area (Å²) in [6.45, 7) is 8.90. The number of hydrogen-bond acceptors (Lipinski definition) is 2. The number of carbonyl (C=O) groups excluding carboxylic acids is 1. The molecule has 5 nitrogen and oxygen atoms in total. The molecule has 0 aliphatic heterocycles. The zero-order valence-electron chi connectivity index (χ0n) is 12.7. The van der Waals surface area contributed by atoms with Gasteiger partial charge in [-0.05, 0) is 29.5 Å². The van der Waals surface area contributed by atoms with E-state index in [9.17, 15) is 9.59 Å². The highest BCUT2D eigenvalue weighted by Crippen LogP contribution is 2.24. The van der Waals surface area contributed by atoms with Crippen LogP contribution in [0.15, 0.2) is 18.2 Å². The molecule has 0 radical (unpaired) electrons. The van der Waals surface area contributed by atoms with E-state index in [0.717, 1.165) is 0 Å². The molecule has 0 aromatic heterocycles. The summed E-state index contributed by atoms with van der Waals surface area (Å²) in [7, 11) is 0. The molecule has 1 unspecified atom stereocenters. The molecule has 0 saturated heterocycles. The molecular formula is C15H21ClN2O3. The van der Waals surface area contributed by atoms with Gasteiger partial charge in [0.25, 0.3) is 0 Å². The van der Waals surface area contributed by atoms with Crippen molar-refractivity contribution in [1.29, 1.82) is 0 Å². The number of benzene rings is 1. The molecule has 0 aliphatic rings. The van der Waals surface area contributed by atoms with E-state index in [1.165, 1.54) is 18.2 Å². The van der Waals surface area contributed by atoms with E-state index in [-0.39, 0.29) is 22.0 Å². The van der Waals surface area contributed by atoms with Crippen LogP contribution in [0.1, 0.15) is 38.1 Å². The van der Waals surface area contributed by atoms with Gasteiger partial charge in [-0.3, -0.25) is 0 Å². The van der Waals surface area contributed by atoms with Crippen molar-refractivity contribution >= 4 is 29.3 Å². The molecular weight excluding hydrogens is 292 g/mol. The molecule has 2 amide bonds. The monoisotopic (exact) mass is 312 g/mol. The van der Waals surface area contributed by atoms with Gasteiger partial charge in [0.1, 0.15) is 0 Å². The number of carbonyl (C=O) groups is 2. The molecule has 0 bridgehead atoms. The quantitative estimate of drug-likeness (QED) is 0.790. The van der Waals surface area contributed by atoms with Gasteiger partial charge in [0.15, 0.2) is 0 Å². The SMILES string of the molecule is CC(CNC(=O)Nc1cc(Cl)cc(C(=O)O)c1)C(C)(C)C. The molecule has 1 rings (SSSR count). The number of nitrogens with one attached hydrogen (secondary N) is 2. The summed E-state index contributed by atoms with van der Waals surface area (Å²) in [4.78, 5) is 22.8. The molecule has 1 atom stereocenters. The van der Waals surface area contributed by atoms with E-state index in [2.05, 4.69) is 38.3 Å². The summed E-state index contributed by atoms with van der Waals surface area (Å²) in [5.74, 6) is -0.792. The Bertz CT molecular complexity index is 538. The number of urea groups is 1. The third-order valence-corrected chi connectivity index (χ3v) is 3.67. The van der Waals surface area contributed by atoms with Crippen molar-refractivity contribution in [2.75, 3.05) is 11.9 Å². The van der Waals surface area contributed by atoms with Crippen molar-refractivity contribution in [2.45, 2.75) is 27.7 Å². The molecule has 6 heteroatoms. The maximum Gasteiger partial charge on any atom is 0.335 e. The molecule has 3 N–H and O–H groups in total. The van der Waals surface area contributed by atoms with Crippen LogP contribution in [0, 0.1) is 11.3 Å². The van der Waals surface area contributed by atoms with Crippen LogP contribution < -0.4 is 10.6 Å². The maximum absolute atomic E-state index is 11.8. The first-order valence-electron chi connectivity index (χ1n) is 6.68. The van der Waals surface area contributed by atoms with E-state index in [1.54, 1.807) is 0 Å². The highest BCUT2D eigenvalue weighted by Gasteiger charge is 2.20. The van der Waals surface area contributed by atoms with Crippen molar-refractivity contribution in [2.24, 2.45) is 11.3 Å². The fourth-order valence-electron chi connectivity index (χ4n) is 1.51. The predicted molar refractivity (Wildman–Crippen MR) is 84.1 cm³/mol. The van der Waals surface area contributed by atoms with Gasteiger partial charge in [0, 0.05) is 17.3 Å². The van der Waals surface area contributed by atoms with E-state index in [0.29, 0.717) is 18.2 Å². The van der Waals surface area contributed by atoms with Gasteiger partial charge < -0.3 is 15.7 Å². The van der Waals surface area contributed by atoms with Crippen LogP contribution in [0.3, 0.4) is 0 Å². The number of carboxylic acid groups (broad SMARTS) is 1. The highest BCUT2D eigenvalue weighted by molar-refractivity contribution is 6.31. The maximum atomic E-state index is 11.8. The second-order valence-corrected chi connectivity index (χ2v) is 6.57. The Morgan fingerprint density at radius 3 is 2.43 bits per heavy atom. The fourth-order valence-corrected chi connectivity index (χ4v) is 1.75. The largest absolute Gasteiger partial charge is 0.478 e. The topological polar surface area (TPSA) is 78.4 Å². The lowest BCUT2D eigenvalue weighted by molar-refractivity contribution is 0.0697. The normalized spacial score (nSPS) is 12.6. The Kier molecular flexibility index (Phi) is 5.61. The van der Waals surface area contributed by atoms with Crippen molar-refractivity contribution in [3.8, 4) is 0 Å². The first-order valence-corrected chi connectivity index (χ1v) is 7.06. The minimum atomic E-state index is -1.10. The molecule has 21 heavy (non-hydrogen) atoms. The molecule has 1 aromatic rings. The van der Waals surface area contributed by atoms with Crippen molar-refractivity contribution in [3.63, 3.8) is 0 Å². The van der Waals surface area contributed by atoms with Gasteiger partial charge in [-0.1, -0.05) is 39.3 Å². The van der Waals surface area contributed by atoms with Crippen molar-refractivity contribution in [1.82, 2.24) is 5.32 Å². The predicted octanol–water partition coefficient (Wildman–Crippen LogP) is 3.84. The minimum Gasteiger partial charge on any atom is -0.478 e. The number of aromatic carboxylic acids is 1. The number of carboxylic acids is 1. The third kappa shape index (κ3) is 5.63. The minimum absolute atomic E-state index is 0.0286. The van der Waals surface area contributed by atoms with E-state index >= 15 is 0 Å². The second kappa shape index (κ2) is 6.80. The molecule has 1 aromatic carbocycles. The molecule has 0 fully saturated rings. The number of hydrogen-bond donors (Lipinski definition) is 3. The van der Waals surface area contributed by atoms with Crippen LogP contribution in [-0.4, -0.2) is 23.7 Å². The summed E-state index contributed by atoms with van der Waals surface area (Å²) in [6.07, 6.45) is 0. The zero-order valence-corrected chi connectivity index (χ0v) is 13.4. The summed E-state index contributed by atoms with van der Waals surface area (Å²) in [5, 5.41) is 14.6. The lowest BCUT2D eigenvalue weighted by Gasteiger charge is -2.27. The third-order valence-electron chi connectivity index (χ3n) is 3.45. The van der Waals surface area contributed by atoms with Crippen LogP contribution in [0.25, 0.3) is 0 Å². The van der Waals surface area contributed by atoms with Gasteiger partial charge in [0.2, 0.25) is 0 Å². The van der Waals surface area contributed by atoms with Crippen LogP contribution in [0.5, 0.6) is 0 Å². The highest BCUT2D eigenvalue weighted by atomic mass is 35.5. The Labute approximate surface area is 129 Å². The van der Waals surface area contributed by atoms with Gasteiger partial charge >= 0.3 is 12.0 Å². The van der Waals surface area contributed by atoms with Gasteiger partial charge in [-0.25, -0.2) is 9.59 Å². The fraction of sp³-hybridized carbons (Fsp3) is 0.467. The second-order valence-electron chi connectivity index (χ2n) is 6.14.